The van der Waals surface area contributed by atoms with Crippen LogP contribution < -0.4 is 5.32 Å². The third-order valence-electron chi connectivity index (χ3n) is 4.55. The minimum Gasteiger partial charge on any atom is -0.381 e. The zero-order chi connectivity index (χ0) is 16.4. The second-order valence-electron chi connectivity index (χ2n) is 6.14. The van der Waals surface area contributed by atoms with Crippen LogP contribution in [0.2, 0.25) is 0 Å². The molecule has 23 heavy (non-hydrogen) atoms. The Morgan fingerprint density at radius 3 is 3.00 bits per heavy atom. The highest BCUT2D eigenvalue weighted by atomic mass is 19.1. The molecular formula is C17H21FN2O3. The molecule has 6 heteroatoms. The Morgan fingerprint density at radius 2 is 2.30 bits per heavy atom. The molecule has 2 amide bonds. The monoisotopic (exact) mass is 320 g/mol. The van der Waals surface area contributed by atoms with Crippen molar-refractivity contribution in [2.45, 2.75) is 25.7 Å². The summed E-state index contributed by atoms with van der Waals surface area (Å²) in [5, 5.41) is 2.65. The third kappa shape index (κ3) is 3.37. The molecule has 0 radical (unpaired) electrons. The quantitative estimate of drug-likeness (QED) is 0.924. The minimum absolute atomic E-state index is 0.0675. The molecule has 2 aliphatic heterocycles. The molecule has 5 nitrogen and oxygen atoms in total. The van der Waals surface area contributed by atoms with Crippen molar-refractivity contribution in [3.8, 4) is 0 Å². The Hall–Kier alpha value is -1.95. The van der Waals surface area contributed by atoms with Gasteiger partial charge in [0, 0.05) is 37.7 Å². The van der Waals surface area contributed by atoms with Crippen molar-refractivity contribution in [2.75, 3.05) is 31.6 Å². The summed E-state index contributed by atoms with van der Waals surface area (Å²) in [5.41, 5.74) is 1.09. The molecular weight excluding hydrogens is 299 g/mol. The van der Waals surface area contributed by atoms with Crippen LogP contribution in [0.25, 0.3) is 0 Å². The number of fused-ring (bicyclic) bond motifs is 1. The van der Waals surface area contributed by atoms with E-state index in [0.717, 1.165) is 13.0 Å². The number of carbonyl (C=O) groups is 2. The Labute approximate surface area is 134 Å². The van der Waals surface area contributed by atoms with E-state index in [9.17, 15) is 14.0 Å². The van der Waals surface area contributed by atoms with Gasteiger partial charge in [0.05, 0.1) is 12.5 Å². The number of carbonyl (C=O) groups excluding carboxylic acids is 2. The van der Waals surface area contributed by atoms with Crippen molar-refractivity contribution in [2.24, 2.45) is 5.92 Å². The maximum absolute atomic E-state index is 13.4. The third-order valence-corrected chi connectivity index (χ3v) is 4.55. The van der Waals surface area contributed by atoms with E-state index >= 15 is 0 Å². The zero-order valence-corrected chi connectivity index (χ0v) is 13.2. The molecule has 0 saturated carbocycles. The molecule has 1 aromatic carbocycles. The van der Waals surface area contributed by atoms with Crippen molar-refractivity contribution in [3.63, 3.8) is 0 Å². The molecule has 1 aromatic rings. The number of anilines is 1. The number of rotatable bonds is 4. The van der Waals surface area contributed by atoms with Crippen LogP contribution in [0.1, 0.15) is 31.2 Å². The fraction of sp³-hybridized carbons (Fsp3) is 0.529. The molecule has 124 valence electrons. The van der Waals surface area contributed by atoms with E-state index in [1.165, 1.54) is 12.1 Å². The minimum atomic E-state index is -0.540. The Balaban J connectivity index is 1.81. The van der Waals surface area contributed by atoms with Crippen LogP contribution >= 0.6 is 0 Å². The van der Waals surface area contributed by atoms with Crippen LogP contribution in [0.5, 0.6) is 0 Å². The molecule has 0 aromatic heterocycles. The Bertz CT molecular complexity index is 614. The first kappa shape index (κ1) is 15.9. The fourth-order valence-corrected chi connectivity index (χ4v) is 3.29. The average molecular weight is 320 g/mol. The van der Waals surface area contributed by atoms with Crippen LogP contribution in [0.4, 0.5) is 10.1 Å². The number of hydrogen-bond donors (Lipinski definition) is 1. The van der Waals surface area contributed by atoms with Gasteiger partial charge in [-0.05, 0) is 31.0 Å². The van der Waals surface area contributed by atoms with Crippen LogP contribution in [0.3, 0.4) is 0 Å². The molecule has 2 atom stereocenters. The van der Waals surface area contributed by atoms with Gasteiger partial charge in [-0.25, -0.2) is 4.39 Å². The number of likely N-dealkylation sites (N-methyl/N-ethyl adjacent to an activating group) is 1. The van der Waals surface area contributed by atoms with Gasteiger partial charge >= 0.3 is 0 Å². The molecule has 2 aliphatic rings. The number of amides is 2. The van der Waals surface area contributed by atoms with Gasteiger partial charge in [0.2, 0.25) is 11.8 Å². The number of benzene rings is 1. The van der Waals surface area contributed by atoms with Crippen LogP contribution in [-0.4, -0.2) is 43.0 Å². The van der Waals surface area contributed by atoms with E-state index in [2.05, 4.69) is 5.32 Å². The molecule has 1 saturated heterocycles. The van der Waals surface area contributed by atoms with Gasteiger partial charge in [-0.1, -0.05) is 6.07 Å². The van der Waals surface area contributed by atoms with E-state index in [1.807, 2.05) is 6.92 Å². The Kier molecular flexibility index (Phi) is 4.61. The van der Waals surface area contributed by atoms with Crippen molar-refractivity contribution in [3.05, 3.63) is 29.6 Å². The predicted octanol–water partition coefficient (Wildman–Crippen LogP) is 2.14. The van der Waals surface area contributed by atoms with Gasteiger partial charge in [0.1, 0.15) is 5.82 Å². The average Bonchev–Trinajstić information content (AvgIpc) is 3.03. The second kappa shape index (κ2) is 6.66. The maximum atomic E-state index is 13.4. The maximum Gasteiger partial charge on any atom is 0.230 e. The highest BCUT2D eigenvalue weighted by Crippen LogP contribution is 2.34. The van der Waals surface area contributed by atoms with Crippen LogP contribution in [0, 0.1) is 11.7 Å². The van der Waals surface area contributed by atoms with E-state index in [1.54, 1.807) is 11.0 Å². The summed E-state index contributed by atoms with van der Waals surface area (Å²) in [7, 11) is 0. The molecule has 3 rings (SSSR count). The smallest absolute Gasteiger partial charge is 0.230 e. The molecule has 0 unspecified atom stereocenters. The molecule has 1 fully saturated rings. The van der Waals surface area contributed by atoms with Gasteiger partial charge in [-0.2, -0.15) is 0 Å². The highest BCUT2D eigenvalue weighted by Gasteiger charge is 2.34. The lowest BCUT2D eigenvalue weighted by molar-refractivity contribution is -0.135. The van der Waals surface area contributed by atoms with E-state index in [-0.39, 0.29) is 18.2 Å². The topological polar surface area (TPSA) is 58.6 Å². The number of halogens is 1. The SMILES string of the molecule is CCN(C[C@H]1CCOC1)C(=O)[C@@H]1CC(=O)Nc2cc(F)ccc21. The second-order valence-corrected chi connectivity index (χ2v) is 6.14. The predicted molar refractivity (Wildman–Crippen MR) is 83.6 cm³/mol. The first-order valence-electron chi connectivity index (χ1n) is 8.04. The van der Waals surface area contributed by atoms with E-state index in [4.69, 9.17) is 4.74 Å². The normalized spacial score (nSPS) is 23.3. The lowest BCUT2D eigenvalue weighted by atomic mass is 9.89. The molecule has 1 N–H and O–H groups in total. The summed E-state index contributed by atoms with van der Waals surface area (Å²) in [6.07, 6.45) is 1.06. The van der Waals surface area contributed by atoms with Crippen LogP contribution in [0.15, 0.2) is 18.2 Å². The van der Waals surface area contributed by atoms with Crippen molar-refractivity contribution >= 4 is 17.5 Å². The van der Waals surface area contributed by atoms with E-state index in [0.29, 0.717) is 36.9 Å². The van der Waals surface area contributed by atoms with Crippen LogP contribution in [-0.2, 0) is 14.3 Å². The summed E-state index contributed by atoms with van der Waals surface area (Å²) in [5.74, 6) is -0.929. The highest BCUT2D eigenvalue weighted by molar-refractivity contribution is 6.01. The molecule has 0 aliphatic carbocycles. The zero-order valence-electron chi connectivity index (χ0n) is 13.2. The molecule has 0 bridgehead atoms. The van der Waals surface area contributed by atoms with Gasteiger partial charge < -0.3 is 15.0 Å². The molecule has 0 spiro atoms. The summed E-state index contributed by atoms with van der Waals surface area (Å²) in [6.45, 7) is 4.58. The number of nitrogens with zero attached hydrogens (tertiary/aromatic N) is 1. The number of hydrogen-bond acceptors (Lipinski definition) is 3. The van der Waals surface area contributed by atoms with Gasteiger partial charge in [-0.3, -0.25) is 9.59 Å². The lowest BCUT2D eigenvalue weighted by Crippen LogP contribution is -2.41. The standard InChI is InChI=1S/C17H21FN2O3/c1-2-20(9-11-5-6-23-10-11)17(22)14-8-16(21)19-15-7-12(18)3-4-13(14)15/h3-4,7,11,14H,2,5-6,8-10H2,1H3,(H,19,21)/t11-,14-/m1/s1. The van der Waals surface area contributed by atoms with Gasteiger partial charge in [0.15, 0.2) is 0 Å². The van der Waals surface area contributed by atoms with E-state index < -0.39 is 11.7 Å². The first-order valence-corrected chi connectivity index (χ1v) is 8.04. The summed E-state index contributed by atoms with van der Waals surface area (Å²) < 4.78 is 18.8. The Morgan fingerprint density at radius 1 is 1.48 bits per heavy atom. The number of nitrogens with one attached hydrogen (secondary N) is 1. The number of ether oxygens (including phenoxy) is 1. The largest absolute Gasteiger partial charge is 0.381 e. The summed E-state index contributed by atoms with van der Waals surface area (Å²) >= 11 is 0. The van der Waals surface area contributed by atoms with Crippen molar-refractivity contribution < 1.29 is 18.7 Å². The van der Waals surface area contributed by atoms with Gasteiger partial charge in [-0.15, -0.1) is 0 Å². The lowest BCUT2D eigenvalue weighted by Gasteiger charge is -2.31. The first-order chi connectivity index (χ1) is 11.1. The van der Waals surface area contributed by atoms with Crippen molar-refractivity contribution in [1.82, 2.24) is 4.90 Å². The summed E-state index contributed by atoms with van der Waals surface area (Å²) in [4.78, 5) is 26.6. The van der Waals surface area contributed by atoms with Gasteiger partial charge in [0.25, 0.3) is 0 Å². The van der Waals surface area contributed by atoms with Crippen molar-refractivity contribution in [1.29, 1.82) is 0 Å². The fourth-order valence-electron chi connectivity index (χ4n) is 3.29. The summed E-state index contributed by atoms with van der Waals surface area (Å²) in [6, 6.07) is 4.20. The molecule has 2 heterocycles.